The summed E-state index contributed by atoms with van der Waals surface area (Å²) in [5.41, 5.74) is 0.884. The molecule has 7 heavy (non-hydrogen) atoms. The summed E-state index contributed by atoms with van der Waals surface area (Å²) in [4.78, 5) is 0. The lowest BCUT2D eigenvalue weighted by Crippen LogP contribution is -1.73. The first-order valence-electron chi connectivity index (χ1n) is 2.38. The van der Waals surface area contributed by atoms with Crippen LogP contribution in [0.1, 0.15) is 13.3 Å². The van der Waals surface area contributed by atoms with E-state index in [1.807, 2.05) is 6.92 Å². The second-order valence-electron chi connectivity index (χ2n) is 1.33. The molecule has 36 valence electrons. The normalized spacial score (nSPS) is 11.3. The third-order valence-electron chi connectivity index (χ3n) is 0.740. The zero-order valence-corrected chi connectivity index (χ0v) is 4.65. The summed E-state index contributed by atoms with van der Waals surface area (Å²) in [6.45, 7) is 5.50. The minimum Gasteiger partial charge on any atom is -0.118 e. The van der Waals surface area contributed by atoms with E-state index in [2.05, 4.69) is 6.58 Å². The number of hydrogen-bond donors (Lipinski definition) is 0. The van der Waals surface area contributed by atoms with Crippen LogP contribution in [0.2, 0.25) is 0 Å². The number of allylic oxidation sites excluding steroid dienone is 3. The van der Waals surface area contributed by atoms with Crippen LogP contribution >= 0.6 is 0 Å². The quantitative estimate of drug-likeness (QED) is 0.358. The average molecular weight is 92.0 g/mol. The molecule has 0 amide bonds. The molecule has 0 aliphatic carbocycles. The smallest absolute Gasteiger partial charge is 0.107 e. The highest BCUT2D eigenvalue weighted by atomic mass is 13.7. The van der Waals surface area contributed by atoms with Crippen molar-refractivity contribution in [1.82, 2.24) is 0 Å². The molecule has 0 N–H and O–H groups in total. The van der Waals surface area contributed by atoms with E-state index in [9.17, 15) is 0 Å². The van der Waals surface area contributed by atoms with E-state index >= 15 is 0 Å². The fourth-order valence-electron chi connectivity index (χ4n) is 0.269. The van der Waals surface area contributed by atoms with Crippen LogP contribution in [0.25, 0.3) is 0 Å². The Morgan fingerprint density at radius 3 is 2.57 bits per heavy atom. The van der Waals surface area contributed by atoms with Crippen molar-refractivity contribution in [2.45, 2.75) is 13.3 Å². The van der Waals surface area contributed by atoms with Gasteiger partial charge in [0.2, 0.25) is 0 Å². The van der Waals surface area contributed by atoms with Gasteiger partial charge in [-0.3, -0.25) is 0 Å². The maximum absolute atomic E-state index is 5.37. The second kappa shape index (κ2) is 3.73. The van der Waals surface area contributed by atoms with Gasteiger partial charge in [-0.15, -0.1) is 5.47 Å². The van der Waals surface area contributed by atoms with Crippen LogP contribution < -0.4 is 0 Å². The maximum atomic E-state index is 5.37. The van der Waals surface area contributed by atoms with E-state index in [1.54, 1.807) is 12.2 Å². The molecule has 0 aromatic carbocycles. The zero-order chi connectivity index (χ0) is 5.70. The Bertz CT molecular complexity index is 82.2. The Hall–Kier alpha value is -0.455. The molecule has 0 aromatic rings. The van der Waals surface area contributed by atoms with E-state index in [1.165, 1.54) is 0 Å². The van der Waals surface area contributed by atoms with Crippen molar-refractivity contribution in [2.75, 3.05) is 0 Å². The van der Waals surface area contributed by atoms with Crippen molar-refractivity contribution in [2.24, 2.45) is 0 Å². The van der Waals surface area contributed by atoms with Crippen molar-refractivity contribution in [3.8, 4) is 0 Å². The molecule has 0 aliphatic heterocycles. The summed E-state index contributed by atoms with van der Waals surface area (Å²) in [6, 6.07) is 0. The van der Waals surface area contributed by atoms with Crippen LogP contribution in [0.3, 0.4) is 0 Å². The van der Waals surface area contributed by atoms with Gasteiger partial charge >= 0.3 is 0 Å². The van der Waals surface area contributed by atoms with Gasteiger partial charge in [-0.25, -0.2) is 0 Å². The Kier molecular flexibility index (Phi) is 3.48. The first-order valence-corrected chi connectivity index (χ1v) is 2.38. The van der Waals surface area contributed by atoms with Crippen LogP contribution in [-0.4, -0.2) is 7.85 Å². The lowest BCUT2D eigenvalue weighted by atomic mass is 9.93. The Morgan fingerprint density at radius 2 is 2.43 bits per heavy atom. The maximum Gasteiger partial charge on any atom is 0.107 e. The largest absolute Gasteiger partial charge is 0.118 e. The average Bonchev–Trinajstić information content (AvgIpc) is 1.68. The van der Waals surface area contributed by atoms with Crippen LogP contribution in [0.5, 0.6) is 0 Å². The molecule has 0 atom stereocenters. The highest BCUT2D eigenvalue weighted by molar-refractivity contribution is 6.21. The molecule has 1 heteroatoms. The molecular weight excluding hydrogens is 82.9 g/mol. The van der Waals surface area contributed by atoms with Crippen molar-refractivity contribution in [3.05, 3.63) is 24.2 Å². The summed E-state index contributed by atoms with van der Waals surface area (Å²) in [5, 5.41) is 0. The molecule has 0 bridgehead atoms. The van der Waals surface area contributed by atoms with Gasteiger partial charge in [0.15, 0.2) is 0 Å². The molecule has 0 aromatic heterocycles. The number of rotatable bonds is 2. The lowest BCUT2D eigenvalue weighted by Gasteiger charge is -1.86. The molecular formula is C6H9B. The molecule has 0 fully saturated rings. The van der Waals surface area contributed by atoms with E-state index in [0.29, 0.717) is 0 Å². The third kappa shape index (κ3) is 3.37. The first-order chi connectivity index (χ1) is 3.31. The summed E-state index contributed by atoms with van der Waals surface area (Å²) in [5.74, 6) is 0. The molecule has 0 saturated heterocycles. The van der Waals surface area contributed by atoms with Gasteiger partial charge in [-0.2, -0.15) is 0 Å². The predicted molar refractivity (Wildman–Crippen MR) is 34.3 cm³/mol. The molecule has 0 spiro atoms. The van der Waals surface area contributed by atoms with Crippen LogP contribution in [0.15, 0.2) is 24.2 Å². The monoisotopic (exact) mass is 92.1 g/mol. The van der Waals surface area contributed by atoms with E-state index < -0.39 is 0 Å². The van der Waals surface area contributed by atoms with Crippen molar-refractivity contribution >= 4 is 7.85 Å². The highest BCUT2D eigenvalue weighted by Crippen LogP contribution is 1.91. The summed E-state index contributed by atoms with van der Waals surface area (Å²) in [6.07, 6.45) is 4.41. The Balaban J connectivity index is 3.49. The summed E-state index contributed by atoms with van der Waals surface area (Å²) < 4.78 is 0. The van der Waals surface area contributed by atoms with Crippen molar-refractivity contribution < 1.29 is 0 Å². The van der Waals surface area contributed by atoms with Gasteiger partial charge in [0.05, 0.1) is 0 Å². The lowest BCUT2D eigenvalue weighted by molar-refractivity contribution is 1.19. The van der Waals surface area contributed by atoms with Gasteiger partial charge in [-0.05, 0) is 6.42 Å². The predicted octanol–water partition coefficient (Wildman–Crippen LogP) is 1.63. The SMILES string of the molecule is [B]/C(=C/C=C)CC. The molecule has 0 nitrogen and oxygen atoms in total. The van der Waals surface area contributed by atoms with Crippen molar-refractivity contribution in [1.29, 1.82) is 0 Å². The molecule has 0 unspecified atom stereocenters. The summed E-state index contributed by atoms with van der Waals surface area (Å²) >= 11 is 0. The van der Waals surface area contributed by atoms with Crippen LogP contribution in [-0.2, 0) is 0 Å². The molecule has 0 heterocycles. The van der Waals surface area contributed by atoms with Gasteiger partial charge < -0.3 is 0 Å². The highest BCUT2D eigenvalue weighted by Gasteiger charge is 1.74. The molecule has 2 radical (unpaired) electrons. The number of hydrogen-bond acceptors (Lipinski definition) is 0. The first kappa shape index (κ1) is 6.54. The molecule has 0 aliphatic rings. The minimum absolute atomic E-state index is 0.884. The Labute approximate surface area is 46.3 Å². The second-order valence-corrected chi connectivity index (χ2v) is 1.33. The van der Waals surface area contributed by atoms with Gasteiger partial charge in [0, 0.05) is 0 Å². The van der Waals surface area contributed by atoms with Gasteiger partial charge in [0.25, 0.3) is 0 Å². The van der Waals surface area contributed by atoms with E-state index in [-0.39, 0.29) is 0 Å². The fraction of sp³-hybridized carbons (Fsp3) is 0.333. The van der Waals surface area contributed by atoms with Crippen molar-refractivity contribution in [3.63, 3.8) is 0 Å². The van der Waals surface area contributed by atoms with Gasteiger partial charge in [-0.1, -0.05) is 25.7 Å². The van der Waals surface area contributed by atoms with Crippen LogP contribution in [0.4, 0.5) is 0 Å². The minimum atomic E-state index is 0.884. The summed E-state index contributed by atoms with van der Waals surface area (Å²) in [7, 11) is 5.37. The zero-order valence-electron chi connectivity index (χ0n) is 4.65. The van der Waals surface area contributed by atoms with Crippen LogP contribution in [0, 0.1) is 0 Å². The third-order valence-corrected chi connectivity index (χ3v) is 0.740. The fourth-order valence-corrected chi connectivity index (χ4v) is 0.269. The molecule has 0 saturated carbocycles. The molecule has 0 rings (SSSR count). The van der Waals surface area contributed by atoms with E-state index in [4.69, 9.17) is 7.85 Å². The van der Waals surface area contributed by atoms with Gasteiger partial charge in [0.1, 0.15) is 7.85 Å². The standard InChI is InChI=1S/C6H9B/c1-3-5-6(7)4-2/h3,5H,1,4H2,2H3/b6-5+. The van der Waals surface area contributed by atoms with E-state index in [0.717, 1.165) is 11.9 Å². The Morgan fingerprint density at radius 1 is 1.86 bits per heavy atom. The topological polar surface area (TPSA) is 0 Å².